The number of methoxy groups -OCH3 is 1. The Bertz CT molecular complexity index is 978. The number of carboxylic acids is 1. The highest BCUT2D eigenvalue weighted by atomic mass is 16.5. The topological polar surface area (TPSA) is 114 Å². The Kier molecular flexibility index (Phi) is 7.71. The lowest BCUT2D eigenvalue weighted by atomic mass is 9.87. The van der Waals surface area contributed by atoms with E-state index in [4.69, 9.17) is 9.47 Å². The van der Waals surface area contributed by atoms with Crippen molar-refractivity contribution in [2.24, 2.45) is 5.41 Å². The molecule has 3 rings (SSSR count). The maximum atomic E-state index is 12.4. The number of alkyl carbamates (subject to hydrolysis) is 1. The van der Waals surface area contributed by atoms with Crippen LogP contribution in [0.25, 0.3) is 11.1 Å². The first-order chi connectivity index (χ1) is 15.8. The summed E-state index contributed by atoms with van der Waals surface area (Å²) in [5.41, 5.74) is 3.42. The molecule has 1 aliphatic carbocycles. The fraction of sp³-hybridized carbons (Fsp3) is 0.400. The molecule has 33 heavy (non-hydrogen) atoms. The van der Waals surface area contributed by atoms with Crippen molar-refractivity contribution in [1.29, 1.82) is 0 Å². The first-order valence-corrected chi connectivity index (χ1v) is 10.9. The van der Waals surface area contributed by atoms with Gasteiger partial charge in [-0.2, -0.15) is 0 Å². The highest BCUT2D eigenvalue weighted by molar-refractivity contribution is 5.83. The fourth-order valence-electron chi connectivity index (χ4n) is 3.86. The lowest BCUT2D eigenvalue weighted by Crippen LogP contribution is -2.48. The lowest BCUT2D eigenvalue weighted by molar-refractivity contribution is -0.148. The predicted octanol–water partition coefficient (Wildman–Crippen LogP) is 3.16. The molecule has 0 fully saturated rings. The van der Waals surface area contributed by atoms with Gasteiger partial charge in [0.2, 0.25) is 0 Å². The maximum absolute atomic E-state index is 12.4. The molecule has 2 aromatic carbocycles. The van der Waals surface area contributed by atoms with Crippen molar-refractivity contribution in [2.75, 3.05) is 26.8 Å². The van der Waals surface area contributed by atoms with Crippen LogP contribution in [0.5, 0.6) is 0 Å². The van der Waals surface area contributed by atoms with Crippen molar-refractivity contribution >= 4 is 18.0 Å². The molecule has 2 unspecified atom stereocenters. The van der Waals surface area contributed by atoms with Gasteiger partial charge in [-0.05, 0) is 35.6 Å². The fourth-order valence-corrected chi connectivity index (χ4v) is 3.86. The monoisotopic (exact) mass is 454 g/mol. The summed E-state index contributed by atoms with van der Waals surface area (Å²) in [6.45, 7) is 3.33. The second kappa shape index (κ2) is 10.5. The molecule has 0 heterocycles. The van der Waals surface area contributed by atoms with E-state index < -0.39 is 29.5 Å². The standard InChI is InChI=1S/C25H30N2O6/c1-4-25(2,23(29)30)15-27-22(28)21(32-3)13-26-24(31)33-14-20-18-11-7-5-9-16(18)17-10-6-8-12-19(17)20/h5-12,20-21H,4,13-15H2,1-3H3,(H,26,31)(H,27,28)(H,29,30). The molecule has 2 amide bonds. The molecule has 0 saturated heterocycles. The number of ether oxygens (including phenoxy) is 2. The molecule has 2 atom stereocenters. The molecule has 0 radical (unpaired) electrons. The number of hydrogen-bond acceptors (Lipinski definition) is 5. The molecule has 0 spiro atoms. The summed E-state index contributed by atoms with van der Waals surface area (Å²) in [6, 6.07) is 16.1. The third kappa shape index (κ3) is 5.34. The molecule has 0 saturated carbocycles. The largest absolute Gasteiger partial charge is 0.481 e. The van der Waals surface area contributed by atoms with Crippen LogP contribution in [0.4, 0.5) is 4.79 Å². The van der Waals surface area contributed by atoms with Crippen LogP contribution in [0.1, 0.15) is 37.3 Å². The summed E-state index contributed by atoms with van der Waals surface area (Å²) >= 11 is 0. The highest BCUT2D eigenvalue weighted by Gasteiger charge is 2.33. The molecule has 8 nitrogen and oxygen atoms in total. The number of fused-ring (bicyclic) bond motifs is 3. The van der Waals surface area contributed by atoms with Gasteiger partial charge in [0.15, 0.2) is 6.10 Å². The number of nitrogens with one attached hydrogen (secondary N) is 2. The van der Waals surface area contributed by atoms with Gasteiger partial charge in [0, 0.05) is 19.6 Å². The molecule has 0 bridgehead atoms. The van der Waals surface area contributed by atoms with Crippen LogP contribution in [0, 0.1) is 5.41 Å². The van der Waals surface area contributed by atoms with E-state index >= 15 is 0 Å². The number of benzene rings is 2. The number of carbonyl (C=O) groups excluding carboxylic acids is 2. The third-order valence-corrected chi connectivity index (χ3v) is 6.30. The quantitative estimate of drug-likeness (QED) is 0.508. The van der Waals surface area contributed by atoms with Gasteiger partial charge >= 0.3 is 12.1 Å². The van der Waals surface area contributed by atoms with Gasteiger partial charge in [-0.3, -0.25) is 9.59 Å². The van der Waals surface area contributed by atoms with Gasteiger partial charge in [0.05, 0.1) is 12.0 Å². The normalized spacial score (nSPS) is 15.0. The van der Waals surface area contributed by atoms with E-state index in [1.165, 1.54) is 7.11 Å². The van der Waals surface area contributed by atoms with Crippen LogP contribution in [0.15, 0.2) is 48.5 Å². The molecule has 1 aliphatic rings. The summed E-state index contributed by atoms with van der Waals surface area (Å²) in [6.07, 6.45) is -1.27. The van der Waals surface area contributed by atoms with E-state index in [9.17, 15) is 19.5 Å². The number of aliphatic carboxylic acids is 1. The summed E-state index contributed by atoms with van der Waals surface area (Å²) in [7, 11) is 1.35. The average Bonchev–Trinajstić information content (AvgIpc) is 3.15. The molecule has 0 aromatic heterocycles. The number of amides is 2. The van der Waals surface area contributed by atoms with Crippen LogP contribution in [-0.2, 0) is 19.1 Å². The van der Waals surface area contributed by atoms with E-state index in [-0.39, 0.29) is 25.6 Å². The molecule has 2 aromatic rings. The minimum atomic E-state index is -1.08. The van der Waals surface area contributed by atoms with Crippen LogP contribution in [0.3, 0.4) is 0 Å². The lowest BCUT2D eigenvalue weighted by Gasteiger charge is -2.24. The van der Waals surface area contributed by atoms with Gasteiger partial charge in [0.1, 0.15) is 6.61 Å². The Hall–Kier alpha value is -3.39. The van der Waals surface area contributed by atoms with Crippen molar-refractivity contribution in [2.45, 2.75) is 32.3 Å². The molecule has 8 heteroatoms. The molecular weight excluding hydrogens is 424 g/mol. The van der Waals surface area contributed by atoms with Crippen molar-refractivity contribution in [3.8, 4) is 11.1 Å². The van der Waals surface area contributed by atoms with E-state index in [0.29, 0.717) is 6.42 Å². The van der Waals surface area contributed by atoms with Crippen LogP contribution in [-0.4, -0.2) is 56.0 Å². The van der Waals surface area contributed by atoms with Crippen molar-refractivity contribution < 1.29 is 29.0 Å². The van der Waals surface area contributed by atoms with E-state index in [2.05, 4.69) is 22.8 Å². The minimum absolute atomic E-state index is 0.0392. The first-order valence-electron chi connectivity index (χ1n) is 10.9. The van der Waals surface area contributed by atoms with E-state index in [0.717, 1.165) is 22.3 Å². The molecular formula is C25H30N2O6. The first kappa shape index (κ1) is 24.3. The van der Waals surface area contributed by atoms with Gasteiger partial charge in [-0.25, -0.2) is 4.79 Å². The van der Waals surface area contributed by atoms with Gasteiger partial charge in [-0.1, -0.05) is 55.5 Å². The zero-order chi connectivity index (χ0) is 24.0. The van der Waals surface area contributed by atoms with E-state index in [1.807, 2.05) is 36.4 Å². The zero-order valence-corrected chi connectivity index (χ0v) is 19.1. The van der Waals surface area contributed by atoms with Crippen LogP contribution >= 0.6 is 0 Å². The minimum Gasteiger partial charge on any atom is -0.481 e. The summed E-state index contributed by atoms with van der Waals surface area (Å²) < 4.78 is 10.6. The van der Waals surface area contributed by atoms with Gasteiger partial charge < -0.3 is 25.2 Å². The Morgan fingerprint density at radius 3 is 2.12 bits per heavy atom. The van der Waals surface area contributed by atoms with Crippen molar-refractivity contribution in [3.05, 3.63) is 59.7 Å². The van der Waals surface area contributed by atoms with Gasteiger partial charge in [-0.15, -0.1) is 0 Å². The average molecular weight is 455 g/mol. The molecule has 0 aliphatic heterocycles. The second-order valence-corrected chi connectivity index (χ2v) is 8.37. The van der Waals surface area contributed by atoms with Crippen molar-refractivity contribution in [3.63, 3.8) is 0 Å². The summed E-state index contributed by atoms with van der Waals surface area (Å²) in [5.74, 6) is -1.55. The Morgan fingerprint density at radius 2 is 1.61 bits per heavy atom. The Labute approximate surface area is 193 Å². The third-order valence-electron chi connectivity index (χ3n) is 6.30. The number of carboxylic acid groups (broad SMARTS) is 1. The SMILES string of the molecule is CCC(C)(CNC(=O)C(CNC(=O)OCC1c2ccccc2-c2ccccc21)OC)C(=O)O. The maximum Gasteiger partial charge on any atom is 0.407 e. The second-order valence-electron chi connectivity index (χ2n) is 8.37. The van der Waals surface area contributed by atoms with Crippen LogP contribution < -0.4 is 10.6 Å². The van der Waals surface area contributed by atoms with Crippen molar-refractivity contribution in [1.82, 2.24) is 10.6 Å². The molecule has 3 N–H and O–H groups in total. The van der Waals surface area contributed by atoms with Gasteiger partial charge in [0.25, 0.3) is 5.91 Å². The summed E-state index contributed by atoms with van der Waals surface area (Å²) in [4.78, 5) is 36.1. The molecule has 176 valence electrons. The smallest absolute Gasteiger partial charge is 0.407 e. The highest BCUT2D eigenvalue weighted by Crippen LogP contribution is 2.44. The Balaban J connectivity index is 1.53. The van der Waals surface area contributed by atoms with E-state index in [1.54, 1.807) is 13.8 Å². The number of rotatable bonds is 10. The zero-order valence-electron chi connectivity index (χ0n) is 19.1. The Morgan fingerprint density at radius 1 is 1.03 bits per heavy atom. The summed E-state index contributed by atoms with van der Waals surface area (Å²) in [5, 5.41) is 14.5. The number of hydrogen-bond donors (Lipinski definition) is 3. The number of carbonyl (C=O) groups is 3. The van der Waals surface area contributed by atoms with Crippen LogP contribution in [0.2, 0.25) is 0 Å². The predicted molar refractivity (Wildman–Crippen MR) is 123 cm³/mol.